The SMILES string of the molecule is CCCCC.COC(C)(C)C.Cc1ccccc1. The van der Waals surface area contributed by atoms with Gasteiger partial charge in [-0.25, -0.2) is 0 Å². The molecular formula is C17H32O. The number of rotatable bonds is 2. The van der Waals surface area contributed by atoms with Gasteiger partial charge in [-0.2, -0.15) is 0 Å². The lowest BCUT2D eigenvalue weighted by Gasteiger charge is -2.14. The molecule has 1 aromatic rings. The molecule has 0 spiro atoms. The Morgan fingerprint density at radius 2 is 1.33 bits per heavy atom. The minimum atomic E-state index is 0.0417. The molecule has 1 nitrogen and oxygen atoms in total. The number of aryl methyl sites for hydroxylation is 1. The Hall–Kier alpha value is -0.820. The minimum absolute atomic E-state index is 0.0417. The van der Waals surface area contributed by atoms with E-state index < -0.39 is 0 Å². The van der Waals surface area contributed by atoms with Crippen molar-refractivity contribution < 1.29 is 4.74 Å². The molecule has 1 aromatic carbocycles. The quantitative estimate of drug-likeness (QED) is 0.663. The van der Waals surface area contributed by atoms with Crippen molar-refractivity contribution in [1.82, 2.24) is 0 Å². The number of hydrogen-bond acceptors (Lipinski definition) is 1. The summed E-state index contributed by atoms with van der Waals surface area (Å²) < 4.78 is 4.94. The van der Waals surface area contributed by atoms with Crippen LogP contribution in [0.4, 0.5) is 0 Å². The number of unbranched alkanes of at least 4 members (excludes halogenated alkanes) is 2. The van der Waals surface area contributed by atoms with Crippen LogP contribution in [0.1, 0.15) is 59.4 Å². The highest BCUT2D eigenvalue weighted by Crippen LogP contribution is 2.02. The zero-order valence-electron chi connectivity index (χ0n) is 13.4. The summed E-state index contributed by atoms with van der Waals surface area (Å²) in [4.78, 5) is 0. The zero-order valence-corrected chi connectivity index (χ0v) is 13.4. The molecule has 1 rings (SSSR count). The summed E-state index contributed by atoms with van der Waals surface area (Å²) in [6.07, 6.45) is 4.08. The molecule has 0 amide bonds. The van der Waals surface area contributed by atoms with Crippen LogP contribution in [0.5, 0.6) is 0 Å². The molecule has 106 valence electrons. The summed E-state index contributed by atoms with van der Waals surface area (Å²) in [6.45, 7) is 12.6. The maximum absolute atomic E-state index is 4.94. The summed E-state index contributed by atoms with van der Waals surface area (Å²) in [5.41, 5.74) is 1.36. The van der Waals surface area contributed by atoms with E-state index in [9.17, 15) is 0 Å². The van der Waals surface area contributed by atoms with Crippen molar-refractivity contribution >= 4 is 0 Å². The van der Waals surface area contributed by atoms with Gasteiger partial charge in [-0.15, -0.1) is 0 Å². The standard InChI is InChI=1S/C7H8.C5H12O.C5H12/c1-7-5-3-2-4-6-7;1-5(2,3)6-4;1-3-5-4-2/h2-6H,1H3;1-4H3;3-5H2,1-2H3. The molecule has 0 unspecified atom stereocenters. The zero-order chi connectivity index (χ0) is 14.4. The van der Waals surface area contributed by atoms with Crippen molar-refractivity contribution in [1.29, 1.82) is 0 Å². The fourth-order valence-corrected chi connectivity index (χ4v) is 0.888. The lowest BCUT2D eigenvalue weighted by molar-refractivity contribution is 0.0397. The predicted molar refractivity (Wildman–Crippen MR) is 83.1 cm³/mol. The Bertz CT molecular complexity index is 244. The normalized spacial score (nSPS) is 9.72. The number of benzene rings is 1. The second-order valence-electron chi connectivity index (χ2n) is 5.32. The highest BCUT2D eigenvalue weighted by Gasteiger charge is 2.03. The largest absolute Gasteiger partial charge is 0.379 e. The lowest BCUT2D eigenvalue weighted by atomic mass is 10.2. The first-order valence-electron chi connectivity index (χ1n) is 6.94. The average Bonchev–Trinajstić information content (AvgIpc) is 2.32. The van der Waals surface area contributed by atoms with Crippen LogP contribution in [-0.4, -0.2) is 12.7 Å². The third-order valence-corrected chi connectivity index (χ3v) is 2.26. The van der Waals surface area contributed by atoms with E-state index in [-0.39, 0.29) is 5.60 Å². The maximum atomic E-state index is 4.94. The van der Waals surface area contributed by atoms with Crippen molar-refractivity contribution in [2.45, 2.75) is 66.4 Å². The second-order valence-corrected chi connectivity index (χ2v) is 5.32. The maximum Gasteiger partial charge on any atom is 0.0594 e. The van der Waals surface area contributed by atoms with Crippen LogP contribution in [0.25, 0.3) is 0 Å². The molecule has 0 saturated heterocycles. The molecule has 0 aliphatic heterocycles. The van der Waals surface area contributed by atoms with E-state index >= 15 is 0 Å². The van der Waals surface area contributed by atoms with Gasteiger partial charge in [0.15, 0.2) is 0 Å². The lowest BCUT2D eigenvalue weighted by Crippen LogP contribution is -2.15. The van der Waals surface area contributed by atoms with Gasteiger partial charge in [0.05, 0.1) is 5.60 Å². The van der Waals surface area contributed by atoms with E-state index in [2.05, 4.69) is 32.9 Å². The summed E-state index contributed by atoms with van der Waals surface area (Å²) in [5, 5.41) is 0. The Kier molecular flexibility index (Phi) is 13.7. The first-order chi connectivity index (χ1) is 8.37. The molecular weight excluding hydrogens is 220 g/mol. The monoisotopic (exact) mass is 252 g/mol. The average molecular weight is 252 g/mol. The van der Waals surface area contributed by atoms with E-state index in [1.165, 1.54) is 24.8 Å². The van der Waals surface area contributed by atoms with E-state index in [4.69, 9.17) is 4.74 Å². The molecule has 0 radical (unpaired) electrons. The minimum Gasteiger partial charge on any atom is -0.379 e. The first kappa shape index (κ1) is 19.5. The van der Waals surface area contributed by atoms with E-state index in [0.29, 0.717) is 0 Å². The summed E-state index contributed by atoms with van der Waals surface area (Å²) in [5.74, 6) is 0. The van der Waals surface area contributed by atoms with Crippen molar-refractivity contribution in [2.24, 2.45) is 0 Å². The molecule has 1 heteroatoms. The van der Waals surface area contributed by atoms with Crippen LogP contribution in [0.3, 0.4) is 0 Å². The van der Waals surface area contributed by atoms with Crippen molar-refractivity contribution in [3.8, 4) is 0 Å². The van der Waals surface area contributed by atoms with Gasteiger partial charge in [0, 0.05) is 7.11 Å². The van der Waals surface area contributed by atoms with Gasteiger partial charge in [-0.05, 0) is 27.7 Å². The van der Waals surface area contributed by atoms with Gasteiger partial charge in [0.1, 0.15) is 0 Å². The summed E-state index contributed by atoms with van der Waals surface area (Å²) in [6, 6.07) is 10.3. The molecule has 0 heterocycles. The van der Waals surface area contributed by atoms with Gasteiger partial charge in [-0.3, -0.25) is 0 Å². The number of ether oxygens (including phenoxy) is 1. The third kappa shape index (κ3) is 20.6. The summed E-state index contributed by atoms with van der Waals surface area (Å²) >= 11 is 0. The second kappa shape index (κ2) is 12.6. The topological polar surface area (TPSA) is 9.23 Å². The van der Waals surface area contributed by atoms with Gasteiger partial charge >= 0.3 is 0 Å². The van der Waals surface area contributed by atoms with Crippen molar-refractivity contribution in [3.63, 3.8) is 0 Å². The Morgan fingerprint density at radius 3 is 1.44 bits per heavy atom. The van der Waals surface area contributed by atoms with Crippen LogP contribution in [-0.2, 0) is 4.74 Å². The predicted octanol–water partition coefficient (Wildman–Crippen LogP) is 5.62. The molecule has 0 aliphatic carbocycles. The molecule has 0 saturated carbocycles. The molecule has 0 aromatic heterocycles. The fourth-order valence-electron chi connectivity index (χ4n) is 0.888. The van der Waals surface area contributed by atoms with Gasteiger partial charge in [0.2, 0.25) is 0 Å². The van der Waals surface area contributed by atoms with Crippen LogP contribution in [0.15, 0.2) is 30.3 Å². The third-order valence-electron chi connectivity index (χ3n) is 2.26. The molecule has 0 bridgehead atoms. The van der Waals surface area contributed by atoms with Gasteiger partial charge < -0.3 is 4.74 Å². The van der Waals surface area contributed by atoms with Crippen LogP contribution in [0, 0.1) is 6.92 Å². The number of methoxy groups -OCH3 is 1. The molecule has 0 atom stereocenters. The van der Waals surface area contributed by atoms with Crippen molar-refractivity contribution in [3.05, 3.63) is 35.9 Å². The molecule has 18 heavy (non-hydrogen) atoms. The van der Waals surface area contributed by atoms with E-state index in [1.54, 1.807) is 7.11 Å². The van der Waals surface area contributed by atoms with E-state index in [0.717, 1.165) is 0 Å². The Morgan fingerprint density at radius 1 is 0.944 bits per heavy atom. The highest BCUT2D eigenvalue weighted by atomic mass is 16.5. The highest BCUT2D eigenvalue weighted by molar-refractivity contribution is 5.11. The Balaban J connectivity index is 0. The number of hydrogen-bond donors (Lipinski definition) is 0. The Labute approximate surface area is 115 Å². The molecule has 0 aliphatic rings. The van der Waals surface area contributed by atoms with Crippen LogP contribution in [0.2, 0.25) is 0 Å². The molecule has 0 fully saturated rings. The fraction of sp³-hybridized carbons (Fsp3) is 0.647. The smallest absolute Gasteiger partial charge is 0.0594 e. The van der Waals surface area contributed by atoms with Gasteiger partial charge in [0.25, 0.3) is 0 Å². The van der Waals surface area contributed by atoms with E-state index in [1.807, 2.05) is 39.0 Å². The first-order valence-corrected chi connectivity index (χ1v) is 6.94. The molecule has 0 N–H and O–H groups in total. The summed E-state index contributed by atoms with van der Waals surface area (Å²) in [7, 11) is 1.71. The van der Waals surface area contributed by atoms with Crippen molar-refractivity contribution in [2.75, 3.05) is 7.11 Å². The van der Waals surface area contributed by atoms with Gasteiger partial charge in [-0.1, -0.05) is 69.0 Å². The van der Waals surface area contributed by atoms with Crippen LogP contribution >= 0.6 is 0 Å². The van der Waals surface area contributed by atoms with Crippen LogP contribution < -0.4 is 0 Å².